The quantitative estimate of drug-likeness (QED) is 0.431. The van der Waals surface area contributed by atoms with Gasteiger partial charge < -0.3 is 0 Å². The first kappa shape index (κ1) is 19.2. The van der Waals surface area contributed by atoms with Crippen molar-refractivity contribution in [3.05, 3.63) is 64.8 Å². The van der Waals surface area contributed by atoms with E-state index < -0.39 is 0 Å². The minimum absolute atomic E-state index is 0.145. The van der Waals surface area contributed by atoms with Crippen molar-refractivity contribution < 1.29 is 4.57 Å². The van der Waals surface area contributed by atoms with Crippen LogP contribution in [0.1, 0.15) is 74.6 Å². The summed E-state index contributed by atoms with van der Waals surface area (Å²) in [5.41, 5.74) is 8.55. The summed E-state index contributed by atoms with van der Waals surface area (Å²) in [5.74, 6) is 0.759. The average Bonchev–Trinajstić information content (AvgIpc) is 3.18. The number of rotatable bonds is 2. The zero-order chi connectivity index (χ0) is 20.1. The number of fused-ring (bicyclic) bond motifs is 1. The SMILES string of the molecule is Cc1cc(C(C)(C)C)cc(-c2c3ccc(C4CCCC4)cc3cc[n+]2C)c1C. The maximum absolute atomic E-state index is 2.45. The predicted molar refractivity (Wildman–Crippen MR) is 120 cm³/mol. The Morgan fingerprint density at radius 2 is 1.64 bits per heavy atom. The van der Waals surface area contributed by atoms with Crippen LogP contribution in [-0.4, -0.2) is 0 Å². The molecule has 0 radical (unpaired) electrons. The molecule has 146 valence electrons. The molecule has 0 amide bonds. The van der Waals surface area contributed by atoms with E-state index in [1.165, 1.54) is 70.0 Å². The lowest BCUT2D eigenvalue weighted by molar-refractivity contribution is -0.659. The largest absolute Gasteiger partial charge is 0.220 e. The fraction of sp³-hybridized carbons (Fsp3) is 0.444. The molecule has 4 rings (SSSR count). The van der Waals surface area contributed by atoms with Crippen LogP contribution in [0, 0.1) is 13.8 Å². The van der Waals surface area contributed by atoms with Gasteiger partial charge in [0.05, 0.1) is 10.9 Å². The van der Waals surface area contributed by atoms with Crippen molar-refractivity contribution in [1.82, 2.24) is 0 Å². The fourth-order valence-corrected chi connectivity index (χ4v) is 4.78. The lowest BCUT2D eigenvalue weighted by atomic mass is 9.82. The second-order valence-corrected chi connectivity index (χ2v) is 9.82. The third kappa shape index (κ3) is 3.36. The molecule has 1 aliphatic carbocycles. The van der Waals surface area contributed by atoms with Crippen LogP contribution in [0.3, 0.4) is 0 Å². The van der Waals surface area contributed by atoms with Crippen LogP contribution >= 0.6 is 0 Å². The van der Waals surface area contributed by atoms with Gasteiger partial charge in [0, 0.05) is 6.07 Å². The Morgan fingerprint density at radius 1 is 0.929 bits per heavy atom. The van der Waals surface area contributed by atoms with E-state index in [-0.39, 0.29) is 5.41 Å². The van der Waals surface area contributed by atoms with Crippen LogP contribution in [0.15, 0.2) is 42.6 Å². The van der Waals surface area contributed by atoms with Crippen molar-refractivity contribution >= 4 is 10.8 Å². The summed E-state index contributed by atoms with van der Waals surface area (Å²) < 4.78 is 2.30. The first-order chi connectivity index (χ1) is 13.3. The van der Waals surface area contributed by atoms with Crippen LogP contribution < -0.4 is 4.57 Å². The van der Waals surface area contributed by atoms with E-state index in [2.05, 4.69) is 88.8 Å². The van der Waals surface area contributed by atoms with E-state index in [1.54, 1.807) is 0 Å². The summed E-state index contributed by atoms with van der Waals surface area (Å²) >= 11 is 0. The van der Waals surface area contributed by atoms with E-state index in [4.69, 9.17) is 0 Å². The second-order valence-electron chi connectivity index (χ2n) is 9.82. The number of hydrogen-bond donors (Lipinski definition) is 0. The Morgan fingerprint density at radius 3 is 2.32 bits per heavy atom. The molecule has 1 fully saturated rings. The number of aryl methyl sites for hydroxylation is 2. The van der Waals surface area contributed by atoms with Gasteiger partial charge in [-0.25, -0.2) is 4.57 Å². The smallest absolute Gasteiger partial charge is 0.200 e. The van der Waals surface area contributed by atoms with E-state index in [9.17, 15) is 0 Å². The molecule has 1 aliphatic rings. The summed E-state index contributed by atoms with van der Waals surface area (Å²) in [6.07, 6.45) is 7.70. The number of benzene rings is 2. The van der Waals surface area contributed by atoms with Gasteiger partial charge in [-0.2, -0.15) is 0 Å². The first-order valence-electron chi connectivity index (χ1n) is 10.8. The topological polar surface area (TPSA) is 3.88 Å². The van der Waals surface area contributed by atoms with Crippen molar-refractivity contribution in [3.63, 3.8) is 0 Å². The van der Waals surface area contributed by atoms with Crippen LogP contribution in [0.5, 0.6) is 0 Å². The number of aromatic nitrogens is 1. The Hall–Kier alpha value is -2.15. The zero-order valence-electron chi connectivity index (χ0n) is 18.4. The summed E-state index contributed by atoms with van der Waals surface area (Å²) in [6.45, 7) is 11.4. The predicted octanol–water partition coefficient (Wildman–Crippen LogP) is 6.90. The van der Waals surface area contributed by atoms with Crippen LogP contribution in [-0.2, 0) is 12.5 Å². The molecule has 3 aromatic rings. The van der Waals surface area contributed by atoms with Gasteiger partial charge in [0.2, 0.25) is 5.69 Å². The molecular formula is C27H34N+. The standard InChI is InChI=1S/C27H34N/c1-18-15-23(27(3,4)5)17-25(19(18)2)26-24-12-11-21(20-9-7-8-10-20)16-22(24)13-14-28(26)6/h11-17,20H,7-10H2,1-6H3/q+1. The van der Waals surface area contributed by atoms with Gasteiger partial charge in [0.15, 0.2) is 6.20 Å². The highest BCUT2D eigenvalue weighted by atomic mass is 14.9. The molecule has 0 unspecified atom stereocenters. The Labute approximate surface area is 170 Å². The minimum Gasteiger partial charge on any atom is -0.200 e. The van der Waals surface area contributed by atoms with Gasteiger partial charge in [-0.05, 0) is 77.8 Å². The Balaban J connectivity index is 1.93. The monoisotopic (exact) mass is 372 g/mol. The molecule has 1 nitrogen and oxygen atoms in total. The van der Waals surface area contributed by atoms with E-state index >= 15 is 0 Å². The molecule has 0 atom stereocenters. The fourth-order valence-electron chi connectivity index (χ4n) is 4.78. The molecule has 0 saturated heterocycles. The minimum atomic E-state index is 0.145. The van der Waals surface area contributed by atoms with Gasteiger partial charge in [0.1, 0.15) is 7.05 Å². The lowest BCUT2D eigenvalue weighted by Crippen LogP contribution is -2.31. The highest BCUT2D eigenvalue weighted by molar-refractivity contribution is 5.94. The van der Waals surface area contributed by atoms with Crippen LogP contribution in [0.4, 0.5) is 0 Å². The zero-order valence-corrected chi connectivity index (χ0v) is 18.4. The van der Waals surface area contributed by atoms with Gasteiger partial charge in [-0.1, -0.05) is 51.8 Å². The third-order valence-electron chi connectivity index (χ3n) is 6.78. The molecule has 28 heavy (non-hydrogen) atoms. The van der Waals surface area contributed by atoms with Crippen LogP contribution in [0.2, 0.25) is 0 Å². The molecule has 1 aromatic heterocycles. The first-order valence-corrected chi connectivity index (χ1v) is 10.8. The van der Waals surface area contributed by atoms with E-state index in [0.717, 1.165) is 5.92 Å². The van der Waals surface area contributed by atoms with E-state index in [1.807, 2.05) is 0 Å². The molecule has 1 heterocycles. The molecule has 0 N–H and O–H groups in total. The summed E-state index contributed by atoms with van der Waals surface area (Å²) in [5, 5.41) is 2.73. The molecule has 1 heteroatoms. The molecule has 1 saturated carbocycles. The highest BCUT2D eigenvalue weighted by Gasteiger charge is 2.23. The highest BCUT2D eigenvalue weighted by Crippen LogP contribution is 2.38. The maximum Gasteiger partial charge on any atom is 0.220 e. The molecular weight excluding hydrogens is 338 g/mol. The number of pyridine rings is 1. The van der Waals surface area contributed by atoms with Crippen molar-refractivity contribution in [2.24, 2.45) is 7.05 Å². The lowest BCUT2D eigenvalue weighted by Gasteiger charge is -2.22. The average molecular weight is 373 g/mol. The van der Waals surface area contributed by atoms with Crippen molar-refractivity contribution in [2.45, 2.75) is 71.6 Å². The number of nitrogens with zero attached hydrogens (tertiary/aromatic N) is 1. The summed E-state index contributed by atoms with van der Waals surface area (Å²) in [7, 11) is 2.18. The van der Waals surface area contributed by atoms with E-state index in [0.29, 0.717) is 0 Å². The number of hydrogen-bond acceptors (Lipinski definition) is 0. The van der Waals surface area contributed by atoms with Crippen LogP contribution in [0.25, 0.3) is 22.0 Å². The molecule has 2 aromatic carbocycles. The second kappa shape index (κ2) is 7.03. The maximum atomic E-state index is 2.45. The Kier molecular flexibility index (Phi) is 4.81. The van der Waals surface area contributed by atoms with Gasteiger partial charge in [-0.15, -0.1) is 0 Å². The summed E-state index contributed by atoms with van der Waals surface area (Å²) in [6, 6.07) is 14.3. The normalized spacial score (nSPS) is 15.5. The van der Waals surface area contributed by atoms with Crippen molar-refractivity contribution in [2.75, 3.05) is 0 Å². The van der Waals surface area contributed by atoms with Crippen molar-refractivity contribution in [1.29, 1.82) is 0 Å². The van der Waals surface area contributed by atoms with Gasteiger partial charge >= 0.3 is 0 Å². The third-order valence-corrected chi connectivity index (χ3v) is 6.78. The Bertz CT molecular complexity index is 1030. The molecule has 0 aliphatic heterocycles. The summed E-state index contributed by atoms with van der Waals surface area (Å²) in [4.78, 5) is 0. The molecule has 0 bridgehead atoms. The van der Waals surface area contributed by atoms with Crippen molar-refractivity contribution in [3.8, 4) is 11.3 Å². The molecule has 0 spiro atoms. The van der Waals surface area contributed by atoms with Gasteiger partial charge in [-0.3, -0.25) is 0 Å². The van der Waals surface area contributed by atoms with Gasteiger partial charge in [0.25, 0.3) is 0 Å².